The molecule has 16 nitrogen and oxygen atoms in total. The zero-order valence-corrected chi connectivity index (χ0v) is 46.9. The Hall–Kier alpha value is -7.52. The van der Waals surface area contributed by atoms with Gasteiger partial charge in [-0.3, -0.25) is 9.59 Å². The number of ether oxygens (including phenoxy) is 3. The quantitative estimate of drug-likeness (QED) is 0.0383. The fraction of sp³-hybridized carbons (Fsp3) is 0.433. The number of cyclic esters (lactones) is 1. The number of aromatic amines is 2. The maximum absolute atomic E-state index is 15.4. The van der Waals surface area contributed by atoms with Crippen LogP contribution in [0.15, 0.2) is 103 Å². The van der Waals surface area contributed by atoms with Gasteiger partial charge in [0.15, 0.2) is 23.0 Å². The van der Waals surface area contributed by atoms with E-state index in [0.717, 1.165) is 80.4 Å². The molecule has 2 bridgehead atoms. The molecule has 434 valence electrons. The number of fused-ring (bicyclic) bond motifs is 10. The maximum atomic E-state index is 15.4. The number of carbonyl (C=O) groups excluding carboxylic acids is 2. The van der Waals surface area contributed by atoms with Crippen molar-refractivity contribution in [2.45, 2.75) is 126 Å². The fourth-order valence-corrected chi connectivity index (χ4v) is 15.7. The zero-order valence-electron chi connectivity index (χ0n) is 46.9. The number of allylic oxidation sites excluding steroid dienone is 1. The summed E-state index contributed by atoms with van der Waals surface area (Å²) in [6, 6.07) is 27.8. The second-order valence-electron chi connectivity index (χ2n) is 24.3. The standard InChI is InChI=1S/C67H74N4O12/c1-38(73)35-69-67(37-71-55-18-21-68-54(55)33-56(71)40-8-7-9-42(74)26-40)20-19-66(36-67)34-41-27-51-48-31-59(79)60(81-2)32-49(48)50(64(41)47-16-15-43(75)29-52(47)66)28-44(76)30-62(58(78)24-39-14-17-57(77)61(25-39)82-23-22-72)83-63(80)13-6-4-11-46-45-10-3-5-12-53(45)70-65(46)51/h3,5,7-10,12,14,17-18,21,25-27,31-33,38,41,43,47,50,52,58,62,64,68-70,72-75,77-79H,11,13,15-16,19-20,22-24,28-30,34-37H2,1-2H3/t38-,41-,43+,47-,50+,52+,58+,62-,64+,66-,67-/m0/s1. The molecule has 0 radical (unpaired) electrons. The first-order valence-corrected chi connectivity index (χ1v) is 29.3. The molecule has 83 heavy (non-hydrogen) atoms. The Labute approximate surface area is 482 Å². The molecular formula is C67H74N4O12. The van der Waals surface area contributed by atoms with E-state index in [4.69, 9.17) is 14.2 Å². The first-order chi connectivity index (χ1) is 40.1. The van der Waals surface area contributed by atoms with Crippen LogP contribution in [0, 0.1) is 40.9 Å². The lowest BCUT2D eigenvalue weighted by Gasteiger charge is -2.57. The van der Waals surface area contributed by atoms with E-state index in [1.807, 2.05) is 42.6 Å². The number of benzene rings is 4. The molecule has 3 aromatic heterocycles. The normalized spacial score (nSPS) is 26.9. The SMILES string of the molecule is COc1cc2c(cc1O)C1=C[C@H]3C[C@]4(CC[C@](Cn5c(-c6cccc(O)c6)cc6[nH]ccc65)(NC[C@H](C)O)C4)[C@@H]4C[C@H](O)CC[C@@H]4[C@@H]3[C@@H]2CC(=O)C[C@@H]([C@H](O)Cc2ccc(O)c(OCCO)c2)OC(=O)CC#CCc2c1[nH]c1ccccc21. The Morgan fingerprint density at radius 2 is 1.75 bits per heavy atom. The molecule has 3 fully saturated rings. The second-order valence-corrected chi connectivity index (χ2v) is 24.3. The van der Waals surface area contributed by atoms with Crippen molar-refractivity contribution in [1.82, 2.24) is 19.9 Å². The number of esters is 1. The van der Waals surface area contributed by atoms with Gasteiger partial charge in [0.05, 0.1) is 54.4 Å². The van der Waals surface area contributed by atoms with Crippen molar-refractivity contribution in [2.24, 2.45) is 29.1 Å². The molecule has 16 heteroatoms. The average molecular weight is 1130 g/mol. The number of aliphatic hydroxyl groups excluding tert-OH is 4. The number of ketones is 1. The van der Waals surface area contributed by atoms with Crippen molar-refractivity contribution in [2.75, 3.05) is 26.9 Å². The number of Topliss-reactive ketones (excluding diaryl/α,β-unsaturated/α-hetero) is 1. The van der Waals surface area contributed by atoms with Crippen molar-refractivity contribution >= 4 is 39.3 Å². The molecule has 3 saturated carbocycles. The number of hydrogen-bond acceptors (Lipinski definition) is 13. The summed E-state index contributed by atoms with van der Waals surface area (Å²) in [6.45, 7) is 2.38. The largest absolute Gasteiger partial charge is 0.508 e. The van der Waals surface area contributed by atoms with E-state index < -0.39 is 41.8 Å². The topological polar surface area (TPSA) is 252 Å². The average Bonchev–Trinajstić information content (AvgIpc) is 3.80. The van der Waals surface area contributed by atoms with Crippen LogP contribution in [0.5, 0.6) is 28.7 Å². The van der Waals surface area contributed by atoms with Crippen LogP contribution in [0.2, 0.25) is 0 Å². The number of para-hydroxylation sites is 1. The summed E-state index contributed by atoms with van der Waals surface area (Å²) in [6.07, 6.45) is 5.02. The summed E-state index contributed by atoms with van der Waals surface area (Å²) in [5, 5.41) is 82.5. The Bertz CT molecular complexity index is 3680. The van der Waals surface area contributed by atoms with Crippen molar-refractivity contribution in [3.63, 3.8) is 0 Å². The summed E-state index contributed by atoms with van der Waals surface area (Å²) in [5.74, 6) is 4.93. The summed E-state index contributed by atoms with van der Waals surface area (Å²) in [5.41, 5.74) is 8.56. The molecule has 7 aromatic rings. The number of hydrogen-bond donors (Lipinski definition) is 10. The van der Waals surface area contributed by atoms with Gasteiger partial charge in [0.2, 0.25) is 0 Å². The van der Waals surface area contributed by atoms with E-state index in [9.17, 15) is 40.5 Å². The molecule has 11 atom stereocenters. The number of nitrogens with zero attached hydrogens (tertiary/aromatic N) is 1. The van der Waals surface area contributed by atoms with Gasteiger partial charge in [-0.2, -0.15) is 0 Å². The number of aromatic hydroxyl groups is 3. The number of aliphatic hydroxyl groups is 4. The molecule has 0 amide bonds. The van der Waals surface area contributed by atoms with Gasteiger partial charge in [-0.1, -0.05) is 54.3 Å². The van der Waals surface area contributed by atoms with Crippen LogP contribution in [-0.4, -0.2) is 119 Å². The van der Waals surface area contributed by atoms with Gasteiger partial charge < -0.3 is 69.8 Å². The van der Waals surface area contributed by atoms with Crippen molar-refractivity contribution in [1.29, 1.82) is 0 Å². The van der Waals surface area contributed by atoms with Gasteiger partial charge >= 0.3 is 5.97 Å². The monoisotopic (exact) mass is 1130 g/mol. The van der Waals surface area contributed by atoms with Crippen LogP contribution in [0.1, 0.15) is 105 Å². The highest BCUT2D eigenvalue weighted by atomic mass is 16.6. The second kappa shape index (κ2) is 22.9. The van der Waals surface area contributed by atoms with Gasteiger partial charge in [0.1, 0.15) is 30.7 Å². The van der Waals surface area contributed by atoms with E-state index in [0.29, 0.717) is 44.3 Å². The molecule has 10 N–H and O–H groups in total. The molecule has 0 unspecified atom stereocenters. The summed E-state index contributed by atoms with van der Waals surface area (Å²) in [7, 11) is 1.52. The van der Waals surface area contributed by atoms with E-state index in [2.05, 4.69) is 56.0 Å². The van der Waals surface area contributed by atoms with Gasteiger partial charge in [-0.25, -0.2) is 0 Å². The Morgan fingerprint density at radius 3 is 2.57 bits per heavy atom. The molecule has 5 aliphatic rings. The molecule has 4 aliphatic carbocycles. The minimum absolute atomic E-state index is 0.00151. The Morgan fingerprint density at radius 1 is 0.904 bits per heavy atom. The number of methoxy groups -OCH3 is 1. The highest BCUT2D eigenvalue weighted by Crippen LogP contribution is 2.67. The number of aromatic nitrogens is 3. The smallest absolute Gasteiger partial charge is 0.318 e. The van der Waals surface area contributed by atoms with Crippen molar-refractivity contribution in [3.05, 3.63) is 131 Å². The number of phenols is 3. The lowest BCUT2D eigenvalue weighted by atomic mass is 9.47. The molecule has 1 spiro atoms. The number of H-pyrrole nitrogens is 2. The first-order valence-electron chi connectivity index (χ1n) is 29.3. The van der Waals surface area contributed by atoms with E-state index in [-0.39, 0.29) is 109 Å². The summed E-state index contributed by atoms with van der Waals surface area (Å²) < 4.78 is 19.9. The highest BCUT2D eigenvalue weighted by Gasteiger charge is 2.61. The van der Waals surface area contributed by atoms with Crippen LogP contribution in [-0.2, 0) is 33.7 Å². The molecule has 0 saturated heterocycles. The minimum Gasteiger partial charge on any atom is -0.508 e. The third-order valence-corrected chi connectivity index (χ3v) is 19.1. The zero-order chi connectivity index (χ0) is 57.7. The summed E-state index contributed by atoms with van der Waals surface area (Å²) in [4.78, 5) is 36.5. The van der Waals surface area contributed by atoms with Gasteiger partial charge in [-0.05, 0) is 164 Å². The van der Waals surface area contributed by atoms with Gasteiger partial charge in [0.25, 0.3) is 0 Å². The Balaban J connectivity index is 1.00. The van der Waals surface area contributed by atoms with Crippen molar-refractivity contribution < 1.29 is 59.5 Å². The molecule has 4 heterocycles. The minimum atomic E-state index is -1.36. The number of β-amino-alcohol motifs (C(OH)–C–C–N with tert-alkyl or cyclic N) is 1. The predicted octanol–water partition coefficient (Wildman–Crippen LogP) is 8.95. The van der Waals surface area contributed by atoms with Crippen LogP contribution in [0.25, 0.3) is 38.8 Å². The van der Waals surface area contributed by atoms with Crippen LogP contribution >= 0.6 is 0 Å². The third kappa shape index (κ3) is 10.9. The lowest BCUT2D eigenvalue weighted by Crippen LogP contribution is -2.54. The fourth-order valence-electron chi connectivity index (χ4n) is 15.7. The Kier molecular flexibility index (Phi) is 15.5. The van der Waals surface area contributed by atoms with Gasteiger partial charge in [-0.15, -0.1) is 0 Å². The van der Waals surface area contributed by atoms with Gasteiger partial charge in [0, 0.05) is 72.5 Å². The lowest BCUT2D eigenvalue weighted by molar-refractivity contribution is -0.155. The van der Waals surface area contributed by atoms with Crippen LogP contribution in [0.4, 0.5) is 0 Å². The van der Waals surface area contributed by atoms with Crippen molar-refractivity contribution in [3.8, 4) is 51.8 Å². The molecule has 4 aromatic carbocycles. The first kappa shape index (κ1) is 56.0. The van der Waals surface area contributed by atoms with Crippen LogP contribution < -0.4 is 14.8 Å². The molecular weight excluding hydrogens is 1050 g/mol. The predicted molar refractivity (Wildman–Crippen MR) is 314 cm³/mol. The molecule has 12 rings (SSSR count). The number of phenolic OH excluding ortho intramolecular Hbond substituents is 3. The number of nitrogens with one attached hydrogen (secondary N) is 3. The number of carbonyl (C=O) groups is 2. The molecule has 1 aliphatic heterocycles. The van der Waals surface area contributed by atoms with E-state index in [1.54, 1.807) is 37.3 Å². The van der Waals surface area contributed by atoms with Crippen LogP contribution in [0.3, 0.4) is 0 Å². The maximum Gasteiger partial charge on any atom is 0.318 e. The highest BCUT2D eigenvalue weighted by molar-refractivity contribution is 5.94. The van der Waals surface area contributed by atoms with E-state index in [1.165, 1.54) is 13.2 Å². The third-order valence-electron chi connectivity index (χ3n) is 19.1. The summed E-state index contributed by atoms with van der Waals surface area (Å²) >= 11 is 0. The number of rotatable bonds is 13. The van der Waals surface area contributed by atoms with E-state index >= 15 is 4.79 Å².